The van der Waals surface area contributed by atoms with Crippen molar-refractivity contribution in [2.24, 2.45) is 0 Å². The smallest absolute Gasteiger partial charge is 0.222 e. The van der Waals surface area contributed by atoms with Crippen molar-refractivity contribution in [2.75, 3.05) is 18.4 Å². The van der Waals surface area contributed by atoms with Crippen molar-refractivity contribution in [3.05, 3.63) is 24.1 Å². The van der Waals surface area contributed by atoms with Crippen LogP contribution >= 0.6 is 0 Å². The Bertz CT molecular complexity index is 438. The maximum Gasteiger partial charge on any atom is 0.222 e. The van der Waals surface area contributed by atoms with E-state index in [-0.39, 0.29) is 23.6 Å². The van der Waals surface area contributed by atoms with Crippen LogP contribution in [0, 0.1) is 5.82 Å². The Labute approximate surface area is 113 Å². The molecule has 0 radical (unpaired) electrons. The van der Waals surface area contributed by atoms with Gasteiger partial charge in [0.05, 0.1) is 0 Å². The molecule has 1 fully saturated rings. The van der Waals surface area contributed by atoms with E-state index >= 15 is 0 Å². The largest absolute Gasteiger partial charge is 0.368 e. The Morgan fingerprint density at radius 3 is 3.05 bits per heavy atom. The molecule has 1 aromatic rings. The van der Waals surface area contributed by atoms with Crippen LogP contribution in [0.5, 0.6) is 0 Å². The second kappa shape index (κ2) is 6.50. The SMILES string of the molecule is CC[C@H](CCNc1ncccc1F)N1CCCC1=O. The molecule has 0 bridgehead atoms. The monoisotopic (exact) mass is 265 g/mol. The van der Waals surface area contributed by atoms with Crippen molar-refractivity contribution in [3.63, 3.8) is 0 Å². The van der Waals surface area contributed by atoms with Crippen LogP contribution in [0.4, 0.5) is 10.2 Å². The lowest BCUT2D eigenvalue weighted by atomic mass is 10.1. The number of nitrogens with one attached hydrogen (secondary N) is 1. The standard InChI is InChI=1S/C14H20FN3O/c1-2-11(18-10-4-6-13(18)19)7-9-17-14-12(15)5-3-8-16-14/h3,5,8,11H,2,4,6-7,9-10H2,1H3,(H,16,17)/t11-/m1/s1. The lowest BCUT2D eigenvalue weighted by Gasteiger charge is -2.27. The molecule has 0 aliphatic carbocycles. The van der Waals surface area contributed by atoms with E-state index in [2.05, 4.69) is 17.2 Å². The van der Waals surface area contributed by atoms with Crippen LogP contribution in [-0.2, 0) is 4.79 Å². The zero-order valence-electron chi connectivity index (χ0n) is 11.2. The van der Waals surface area contributed by atoms with Gasteiger partial charge >= 0.3 is 0 Å². The van der Waals surface area contributed by atoms with Gasteiger partial charge in [-0.25, -0.2) is 9.37 Å². The Balaban J connectivity index is 1.84. The van der Waals surface area contributed by atoms with Gasteiger partial charge in [0.1, 0.15) is 0 Å². The molecule has 2 heterocycles. The summed E-state index contributed by atoms with van der Waals surface area (Å²) < 4.78 is 13.4. The first-order valence-corrected chi connectivity index (χ1v) is 6.86. The van der Waals surface area contributed by atoms with Gasteiger partial charge in [0.25, 0.3) is 0 Å². The van der Waals surface area contributed by atoms with Gasteiger partial charge in [-0.05, 0) is 31.4 Å². The minimum absolute atomic E-state index is 0.245. The number of pyridine rings is 1. The highest BCUT2D eigenvalue weighted by molar-refractivity contribution is 5.78. The molecule has 19 heavy (non-hydrogen) atoms. The van der Waals surface area contributed by atoms with Crippen molar-refractivity contribution in [2.45, 2.75) is 38.6 Å². The van der Waals surface area contributed by atoms with Gasteiger partial charge in [0, 0.05) is 31.7 Å². The number of rotatable bonds is 6. The fraction of sp³-hybridized carbons (Fsp3) is 0.571. The summed E-state index contributed by atoms with van der Waals surface area (Å²) in [6.07, 6.45) is 4.93. The van der Waals surface area contributed by atoms with Crippen molar-refractivity contribution in [1.29, 1.82) is 0 Å². The summed E-state index contributed by atoms with van der Waals surface area (Å²) in [6.45, 7) is 3.56. The molecule has 1 saturated heterocycles. The average Bonchev–Trinajstić information content (AvgIpc) is 2.83. The molecule has 1 aliphatic rings. The van der Waals surface area contributed by atoms with Crippen LogP contribution in [0.25, 0.3) is 0 Å². The molecule has 4 nitrogen and oxygen atoms in total. The van der Waals surface area contributed by atoms with Crippen LogP contribution in [0.1, 0.15) is 32.6 Å². The van der Waals surface area contributed by atoms with E-state index in [9.17, 15) is 9.18 Å². The fourth-order valence-electron chi connectivity index (χ4n) is 2.51. The molecule has 1 aromatic heterocycles. The number of likely N-dealkylation sites (tertiary alicyclic amines) is 1. The molecule has 104 valence electrons. The molecule has 0 unspecified atom stereocenters. The molecule has 1 amide bonds. The van der Waals surface area contributed by atoms with Crippen molar-refractivity contribution in [3.8, 4) is 0 Å². The minimum atomic E-state index is -0.340. The van der Waals surface area contributed by atoms with Crippen molar-refractivity contribution < 1.29 is 9.18 Å². The molecular weight excluding hydrogens is 245 g/mol. The van der Waals surface area contributed by atoms with Gasteiger partial charge in [0.2, 0.25) is 5.91 Å². The molecule has 1 atom stereocenters. The summed E-state index contributed by atoms with van der Waals surface area (Å²) >= 11 is 0. The Morgan fingerprint density at radius 2 is 2.42 bits per heavy atom. The maximum atomic E-state index is 13.4. The summed E-state index contributed by atoms with van der Waals surface area (Å²) in [5, 5.41) is 2.99. The van der Waals surface area contributed by atoms with Crippen molar-refractivity contribution in [1.82, 2.24) is 9.88 Å². The number of amides is 1. The zero-order valence-corrected chi connectivity index (χ0v) is 11.2. The number of aromatic nitrogens is 1. The van der Waals surface area contributed by atoms with Crippen LogP contribution in [0.3, 0.4) is 0 Å². The predicted octanol–water partition coefficient (Wildman–Crippen LogP) is 2.42. The second-order valence-corrected chi connectivity index (χ2v) is 4.80. The lowest BCUT2D eigenvalue weighted by Crippen LogP contribution is -2.37. The number of carbonyl (C=O) groups is 1. The Morgan fingerprint density at radius 1 is 1.58 bits per heavy atom. The maximum absolute atomic E-state index is 13.4. The number of nitrogens with zero attached hydrogens (tertiary/aromatic N) is 2. The number of hydrogen-bond acceptors (Lipinski definition) is 3. The highest BCUT2D eigenvalue weighted by Gasteiger charge is 2.26. The van der Waals surface area contributed by atoms with E-state index in [1.807, 2.05) is 4.90 Å². The summed E-state index contributed by atoms with van der Waals surface area (Å²) in [7, 11) is 0. The van der Waals surface area contributed by atoms with E-state index in [0.29, 0.717) is 13.0 Å². The van der Waals surface area contributed by atoms with Crippen molar-refractivity contribution >= 4 is 11.7 Å². The molecule has 2 rings (SSSR count). The van der Waals surface area contributed by atoms with Gasteiger partial charge in [-0.15, -0.1) is 0 Å². The van der Waals surface area contributed by atoms with Gasteiger partial charge in [-0.3, -0.25) is 4.79 Å². The van der Waals surface area contributed by atoms with Crippen LogP contribution in [-0.4, -0.2) is 34.9 Å². The third kappa shape index (κ3) is 3.43. The van der Waals surface area contributed by atoms with Crippen LogP contribution in [0.15, 0.2) is 18.3 Å². The quantitative estimate of drug-likeness (QED) is 0.859. The molecule has 1 aliphatic heterocycles. The van der Waals surface area contributed by atoms with E-state index < -0.39 is 0 Å². The highest BCUT2D eigenvalue weighted by atomic mass is 19.1. The summed E-state index contributed by atoms with van der Waals surface area (Å²) in [6, 6.07) is 3.20. The molecule has 0 saturated carbocycles. The number of halogens is 1. The first-order valence-electron chi connectivity index (χ1n) is 6.86. The Hall–Kier alpha value is -1.65. The molecule has 1 N–H and O–H groups in total. The lowest BCUT2D eigenvalue weighted by molar-refractivity contribution is -0.129. The van der Waals surface area contributed by atoms with Crippen LogP contribution in [0.2, 0.25) is 0 Å². The molecule has 0 aromatic carbocycles. The predicted molar refractivity (Wildman–Crippen MR) is 72.3 cm³/mol. The topological polar surface area (TPSA) is 45.2 Å². The summed E-state index contributed by atoms with van der Waals surface area (Å²) in [5.41, 5.74) is 0. The molecular formula is C14H20FN3O. The third-order valence-corrected chi connectivity index (χ3v) is 3.55. The van der Waals surface area contributed by atoms with Gasteiger partial charge in [-0.1, -0.05) is 6.92 Å². The normalized spacial score (nSPS) is 16.7. The minimum Gasteiger partial charge on any atom is -0.368 e. The molecule has 5 heteroatoms. The summed E-state index contributed by atoms with van der Waals surface area (Å²) in [4.78, 5) is 17.6. The van der Waals surface area contributed by atoms with Gasteiger partial charge in [-0.2, -0.15) is 0 Å². The second-order valence-electron chi connectivity index (χ2n) is 4.80. The fourth-order valence-corrected chi connectivity index (χ4v) is 2.51. The first kappa shape index (κ1) is 13.8. The molecule has 0 spiro atoms. The number of anilines is 1. The van der Waals surface area contributed by atoms with E-state index in [1.165, 1.54) is 6.07 Å². The Kier molecular flexibility index (Phi) is 4.71. The highest BCUT2D eigenvalue weighted by Crippen LogP contribution is 2.18. The van der Waals surface area contributed by atoms with E-state index in [4.69, 9.17) is 0 Å². The van der Waals surface area contributed by atoms with E-state index in [0.717, 1.165) is 25.8 Å². The van der Waals surface area contributed by atoms with E-state index in [1.54, 1.807) is 12.3 Å². The number of carbonyl (C=O) groups excluding carboxylic acids is 1. The third-order valence-electron chi connectivity index (χ3n) is 3.55. The number of hydrogen-bond donors (Lipinski definition) is 1. The zero-order chi connectivity index (χ0) is 13.7. The first-order chi connectivity index (χ1) is 9.22. The van der Waals surface area contributed by atoms with Crippen LogP contribution < -0.4 is 5.32 Å². The van der Waals surface area contributed by atoms with Gasteiger partial charge < -0.3 is 10.2 Å². The average molecular weight is 265 g/mol. The van der Waals surface area contributed by atoms with Gasteiger partial charge in [0.15, 0.2) is 11.6 Å². The summed E-state index contributed by atoms with van der Waals surface area (Å²) in [5.74, 6) is 0.189.